The predicted octanol–water partition coefficient (Wildman–Crippen LogP) is 3.85. The highest BCUT2D eigenvalue weighted by Crippen LogP contribution is 2.35. The Hall–Kier alpha value is -2.15. The molecule has 0 saturated heterocycles. The largest absolute Gasteiger partial charge is 0.477 e. The number of hydrogen-bond acceptors (Lipinski definition) is 3. The summed E-state index contributed by atoms with van der Waals surface area (Å²) in [6, 6.07) is 6.29. The summed E-state index contributed by atoms with van der Waals surface area (Å²) in [5.41, 5.74) is 1.94. The number of carboxylic acid groups (broad SMARTS) is 1. The van der Waals surface area contributed by atoms with Crippen LogP contribution in [0.4, 0.5) is 5.69 Å². The Kier molecular flexibility index (Phi) is 4.13. The van der Waals surface area contributed by atoms with Crippen LogP contribution in [0.15, 0.2) is 28.7 Å². The molecule has 0 amide bonds. The van der Waals surface area contributed by atoms with Gasteiger partial charge in [0, 0.05) is 28.2 Å². The van der Waals surface area contributed by atoms with Gasteiger partial charge < -0.3 is 9.67 Å². The van der Waals surface area contributed by atoms with E-state index >= 15 is 0 Å². The SMILES string of the molecule is CCn1c(C(=O)O)ccc1-c1cc([N+](=O)[O-])c(C)cc1Br. The van der Waals surface area contributed by atoms with Crippen LogP contribution >= 0.6 is 15.9 Å². The fraction of sp³-hybridized carbons (Fsp3) is 0.214. The first-order chi connectivity index (χ1) is 9.86. The van der Waals surface area contributed by atoms with E-state index in [2.05, 4.69) is 15.9 Å². The molecule has 2 rings (SSSR count). The Labute approximate surface area is 129 Å². The second-order valence-electron chi connectivity index (χ2n) is 4.53. The van der Waals surface area contributed by atoms with Crippen LogP contribution in [0.3, 0.4) is 0 Å². The van der Waals surface area contributed by atoms with Crippen molar-refractivity contribution >= 4 is 27.6 Å². The van der Waals surface area contributed by atoms with E-state index in [1.807, 2.05) is 6.92 Å². The van der Waals surface area contributed by atoms with Crippen molar-refractivity contribution in [3.63, 3.8) is 0 Å². The van der Waals surface area contributed by atoms with Gasteiger partial charge in [-0.3, -0.25) is 10.1 Å². The molecule has 7 heteroatoms. The maximum atomic E-state index is 11.2. The highest BCUT2D eigenvalue weighted by molar-refractivity contribution is 9.10. The van der Waals surface area contributed by atoms with Crippen molar-refractivity contribution in [2.24, 2.45) is 0 Å². The van der Waals surface area contributed by atoms with Gasteiger partial charge in [0.1, 0.15) is 5.69 Å². The van der Waals surface area contributed by atoms with Crippen LogP contribution in [-0.4, -0.2) is 20.6 Å². The number of nitro benzene ring substituents is 1. The van der Waals surface area contributed by atoms with Crippen LogP contribution in [0.25, 0.3) is 11.3 Å². The zero-order valence-electron chi connectivity index (χ0n) is 11.5. The Morgan fingerprint density at radius 3 is 2.62 bits per heavy atom. The molecule has 1 heterocycles. The lowest BCUT2D eigenvalue weighted by Crippen LogP contribution is -2.08. The van der Waals surface area contributed by atoms with E-state index in [0.717, 1.165) is 0 Å². The maximum Gasteiger partial charge on any atom is 0.352 e. The highest BCUT2D eigenvalue weighted by atomic mass is 79.9. The number of carboxylic acids is 1. The lowest BCUT2D eigenvalue weighted by atomic mass is 10.1. The Morgan fingerprint density at radius 2 is 2.10 bits per heavy atom. The van der Waals surface area contributed by atoms with E-state index in [-0.39, 0.29) is 11.4 Å². The molecule has 0 radical (unpaired) electrons. The summed E-state index contributed by atoms with van der Waals surface area (Å²) in [6.45, 7) is 3.94. The van der Waals surface area contributed by atoms with E-state index in [9.17, 15) is 20.0 Å². The summed E-state index contributed by atoms with van der Waals surface area (Å²) in [6.07, 6.45) is 0. The van der Waals surface area contributed by atoms with Gasteiger partial charge in [-0.25, -0.2) is 4.79 Å². The Bertz CT molecular complexity index is 737. The number of aromatic nitrogens is 1. The van der Waals surface area contributed by atoms with Gasteiger partial charge in [-0.1, -0.05) is 15.9 Å². The molecular formula is C14H13BrN2O4. The second kappa shape index (κ2) is 5.69. The van der Waals surface area contributed by atoms with Crippen molar-refractivity contribution in [3.8, 4) is 11.3 Å². The normalized spacial score (nSPS) is 10.6. The van der Waals surface area contributed by atoms with E-state index < -0.39 is 10.9 Å². The zero-order valence-corrected chi connectivity index (χ0v) is 13.0. The summed E-state index contributed by atoms with van der Waals surface area (Å²) in [7, 11) is 0. The van der Waals surface area contributed by atoms with Crippen LogP contribution in [0.2, 0.25) is 0 Å². The summed E-state index contributed by atoms with van der Waals surface area (Å²) in [5.74, 6) is -1.03. The smallest absolute Gasteiger partial charge is 0.352 e. The molecule has 0 aliphatic rings. The lowest BCUT2D eigenvalue weighted by Gasteiger charge is -2.11. The average molecular weight is 353 g/mol. The van der Waals surface area contributed by atoms with Gasteiger partial charge in [-0.2, -0.15) is 0 Å². The van der Waals surface area contributed by atoms with Crippen LogP contribution < -0.4 is 0 Å². The minimum atomic E-state index is -1.03. The minimum absolute atomic E-state index is 0.00827. The van der Waals surface area contributed by atoms with E-state index in [4.69, 9.17) is 0 Å². The molecular weight excluding hydrogens is 340 g/mol. The third kappa shape index (κ3) is 2.69. The van der Waals surface area contributed by atoms with Gasteiger partial charge in [0.2, 0.25) is 0 Å². The molecule has 6 nitrogen and oxygen atoms in total. The first-order valence-corrected chi connectivity index (χ1v) is 7.03. The van der Waals surface area contributed by atoms with Crippen LogP contribution in [0.1, 0.15) is 23.0 Å². The Balaban J connectivity index is 2.70. The number of halogens is 1. The van der Waals surface area contributed by atoms with Gasteiger partial charge in [0.05, 0.1) is 10.6 Å². The molecule has 0 aliphatic heterocycles. The van der Waals surface area contributed by atoms with Crippen LogP contribution in [-0.2, 0) is 6.54 Å². The summed E-state index contributed by atoms with van der Waals surface area (Å²) in [5, 5.41) is 20.2. The van der Waals surface area contributed by atoms with Gasteiger partial charge in [-0.15, -0.1) is 0 Å². The van der Waals surface area contributed by atoms with Crippen molar-refractivity contribution in [1.82, 2.24) is 4.57 Å². The van der Waals surface area contributed by atoms with Gasteiger partial charge in [0.15, 0.2) is 0 Å². The molecule has 2 aromatic rings. The molecule has 1 aromatic heterocycles. The number of carbonyl (C=O) groups is 1. The van der Waals surface area contributed by atoms with Crippen LogP contribution in [0.5, 0.6) is 0 Å². The van der Waals surface area contributed by atoms with Gasteiger partial charge in [-0.05, 0) is 32.0 Å². The number of aromatic carboxylic acids is 1. The summed E-state index contributed by atoms with van der Waals surface area (Å²) in [4.78, 5) is 21.8. The van der Waals surface area contributed by atoms with Crippen molar-refractivity contribution in [2.75, 3.05) is 0 Å². The first kappa shape index (κ1) is 15.2. The fourth-order valence-corrected chi connectivity index (χ4v) is 2.95. The average Bonchev–Trinajstić information content (AvgIpc) is 2.81. The molecule has 0 saturated carbocycles. The topological polar surface area (TPSA) is 85.4 Å². The van der Waals surface area contributed by atoms with E-state index in [0.29, 0.717) is 27.8 Å². The van der Waals surface area contributed by atoms with Gasteiger partial charge in [0.25, 0.3) is 5.69 Å². The molecule has 0 fully saturated rings. The van der Waals surface area contributed by atoms with Crippen molar-refractivity contribution in [2.45, 2.75) is 20.4 Å². The first-order valence-electron chi connectivity index (χ1n) is 6.24. The fourth-order valence-electron chi connectivity index (χ4n) is 2.28. The molecule has 0 atom stereocenters. The predicted molar refractivity (Wildman–Crippen MR) is 81.6 cm³/mol. The van der Waals surface area contributed by atoms with Crippen molar-refractivity contribution in [3.05, 3.63) is 50.1 Å². The van der Waals surface area contributed by atoms with Crippen LogP contribution in [0, 0.1) is 17.0 Å². The number of hydrogen-bond donors (Lipinski definition) is 1. The molecule has 0 spiro atoms. The second-order valence-corrected chi connectivity index (χ2v) is 5.38. The molecule has 21 heavy (non-hydrogen) atoms. The highest BCUT2D eigenvalue weighted by Gasteiger charge is 2.20. The summed E-state index contributed by atoms with van der Waals surface area (Å²) >= 11 is 3.39. The third-order valence-electron chi connectivity index (χ3n) is 3.27. The number of aryl methyl sites for hydroxylation is 1. The Morgan fingerprint density at radius 1 is 1.43 bits per heavy atom. The molecule has 0 bridgehead atoms. The minimum Gasteiger partial charge on any atom is -0.477 e. The maximum absolute atomic E-state index is 11.2. The number of nitrogens with zero attached hydrogens (tertiary/aromatic N) is 2. The summed E-state index contributed by atoms with van der Waals surface area (Å²) < 4.78 is 2.30. The van der Waals surface area contributed by atoms with Crippen molar-refractivity contribution in [1.29, 1.82) is 0 Å². The van der Waals surface area contributed by atoms with Gasteiger partial charge >= 0.3 is 5.97 Å². The molecule has 1 aromatic carbocycles. The molecule has 1 N–H and O–H groups in total. The molecule has 110 valence electrons. The van der Waals surface area contributed by atoms with E-state index in [1.54, 1.807) is 23.6 Å². The van der Waals surface area contributed by atoms with E-state index in [1.165, 1.54) is 12.1 Å². The lowest BCUT2D eigenvalue weighted by molar-refractivity contribution is -0.385. The quantitative estimate of drug-likeness (QED) is 0.668. The number of rotatable bonds is 4. The number of benzene rings is 1. The number of nitro groups is 1. The molecule has 0 unspecified atom stereocenters. The zero-order chi connectivity index (χ0) is 15.7. The third-order valence-corrected chi connectivity index (χ3v) is 3.93. The monoisotopic (exact) mass is 352 g/mol. The standard InChI is InChI=1S/C14H13BrN2O4/c1-3-16-11(4-5-12(16)14(18)19)9-7-13(17(20)21)8(2)6-10(9)15/h4-7H,3H2,1-2H3,(H,18,19). The molecule has 0 aliphatic carbocycles. The van der Waals surface area contributed by atoms with Crippen molar-refractivity contribution < 1.29 is 14.8 Å².